The fourth-order valence-corrected chi connectivity index (χ4v) is 4.97. The molecule has 4 rings (SSSR count). The summed E-state index contributed by atoms with van der Waals surface area (Å²) in [6, 6.07) is 9.66. The maximum absolute atomic E-state index is 14.7. The minimum atomic E-state index is -3.78. The zero-order chi connectivity index (χ0) is 22.4. The Kier molecular flexibility index (Phi) is 4.74. The summed E-state index contributed by atoms with van der Waals surface area (Å²) in [6.07, 6.45) is 3.00. The number of nitrogens with zero attached hydrogens (tertiary/aromatic N) is 4. The first-order chi connectivity index (χ1) is 14.6. The van der Waals surface area contributed by atoms with Gasteiger partial charge in [0.25, 0.3) is 0 Å². The highest BCUT2D eigenvalue weighted by atomic mass is 32.2. The maximum atomic E-state index is 14.7. The van der Waals surface area contributed by atoms with E-state index < -0.39 is 27.1 Å². The van der Waals surface area contributed by atoms with Crippen LogP contribution in [0.25, 0.3) is 10.9 Å². The van der Waals surface area contributed by atoms with Crippen LogP contribution >= 0.6 is 0 Å². The molecule has 9 nitrogen and oxygen atoms in total. The van der Waals surface area contributed by atoms with Crippen LogP contribution < -0.4 is 10.6 Å². The molecule has 0 unspecified atom stereocenters. The van der Waals surface area contributed by atoms with Gasteiger partial charge in [-0.1, -0.05) is 0 Å². The van der Waals surface area contributed by atoms with Gasteiger partial charge in [-0.05, 0) is 37.3 Å². The Hall–Kier alpha value is -3.78. The fraction of sp³-hybridized carbons (Fsp3) is 0.200. The third-order valence-corrected chi connectivity index (χ3v) is 7.11. The minimum Gasteiger partial charge on any atom is -0.345 e. The third-order valence-electron chi connectivity index (χ3n) is 5.15. The standard InChI is InChI=1S/C20H18FN7O2S/c1-20(11-31(29,30)28(2)19(23)27-20)15-8-14(3-4-16(15)21)26-18-17-13(5-6-24-18)7-12(9-22)10-25-17/h3-8,10H,11H2,1-2H3,(H2,23,27)(H,24,26)/t20-/m0/s1. The lowest BCUT2D eigenvalue weighted by molar-refractivity contribution is 0.403. The molecule has 1 saturated heterocycles. The summed E-state index contributed by atoms with van der Waals surface area (Å²) in [6.45, 7) is 1.54. The Balaban J connectivity index is 1.74. The van der Waals surface area contributed by atoms with Gasteiger partial charge >= 0.3 is 0 Å². The van der Waals surface area contributed by atoms with E-state index in [1.165, 1.54) is 38.4 Å². The number of hydrogen-bond acceptors (Lipinski definition) is 7. The highest BCUT2D eigenvalue weighted by Gasteiger charge is 2.43. The molecule has 0 amide bonds. The molecule has 1 atom stereocenters. The Bertz CT molecular complexity index is 1370. The van der Waals surface area contributed by atoms with E-state index in [1.54, 1.807) is 18.3 Å². The second-order valence-corrected chi connectivity index (χ2v) is 9.42. The number of sulfonamides is 1. The molecule has 0 aliphatic carbocycles. The zero-order valence-electron chi connectivity index (χ0n) is 16.6. The van der Waals surface area contributed by atoms with Crippen LogP contribution in [-0.2, 0) is 15.6 Å². The van der Waals surface area contributed by atoms with Gasteiger partial charge in [0.15, 0.2) is 5.82 Å². The van der Waals surface area contributed by atoms with Crippen LogP contribution in [0, 0.1) is 22.6 Å². The SMILES string of the molecule is CN1C(=N)N[C@](C)(c2cc(Nc3nccc4cc(C#N)cnc34)ccc2F)CS1(=O)=O. The van der Waals surface area contributed by atoms with Crippen molar-refractivity contribution in [1.82, 2.24) is 19.6 Å². The summed E-state index contributed by atoms with van der Waals surface area (Å²) in [5, 5.41) is 23.6. The molecule has 11 heteroatoms. The monoisotopic (exact) mass is 439 g/mol. The zero-order valence-corrected chi connectivity index (χ0v) is 17.5. The predicted octanol–water partition coefficient (Wildman–Crippen LogP) is 2.40. The lowest BCUT2D eigenvalue weighted by Crippen LogP contribution is -2.61. The van der Waals surface area contributed by atoms with Crippen LogP contribution in [0.2, 0.25) is 0 Å². The van der Waals surface area contributed by atoms with E-state index in [0.29, 0.717) is 28.0 Å². The lowest BCUT2D eigenvalue weighted by atomic mass is 9.93. The number of rotatable bonds is 3. The van der Waals surface area contributed by atoms with Crippen LogP contribution in [0.15, 0.2) is 42.7 Å². The molecule has 3 N–H and O–H groups in total. The Morgan fingerprint density at radius 1 is 1.32 bits per heavy atom. The predicted molar refractivity (Wildman–Crippen MR) is 114 cm³/mol. The number of anilines is 2. The van der Waals surface area contributed by atoms with Crippen molar-refractivity contribution < 1.29 is 12.8 Å². The molecular formula is C20H18FN7O2S. The second-order valence-electron chi connectivity index (χ2n) is 7.42. The van der Waals surface area contributed by atoms with Crippen molar-refractivity contribution in [2.24, 2.45) is 0 Å². The molecule has 2 aromatic heterocycles. The van der Waals surface area contributed by atoms with Gasteiger partial charge in [-0.15, -0.1) is 0 Å². The van der Waals surface area contributed by atoms with Gasteiger partial charge < -0.3 is 10.6 Å². The van der Waals surface area contributed by atoms with E-state index in [2.05, 4.69) is 20.6 Å². The van der Waals surface area contributed by atoms with E-state index in [1.807, 2.05) is 6.07 Å². The Labute approximate surface area is 178 Å². The van der Waals surface area contributed by atoms with Gasteiger partial charge in [0.2, 0.25) is 16.0 Å². The van der Waals surface area contributed by atoms with Crippen molar-refractivity contribution in [2.45, 2.75) is 12.5 Å². The largest absolute Gasteiger partial charge is 0.345 e. The lowest BCUT2D eigenvalue weighted by Gasteiger charge is -2.40. The maximum Gasteiger partial charge on any atom is 0.239 e. The molecule has 158 valence electrons. The fourth-order valence-electron chi connectivity index (χ4n) is 3.50. The molecule has 3 aromatic rings. The van der Waals surface area contributed by atoms with Gasteiger partial charge in [0.1, 0.15) is 17.4 Å². The van der Waals surface area contributed by atoms with E-state index in [0.717, 1.165) is 4.31 Å². The van der Waals surface area contributed by atoms with Crippen molar-refractivity contribution in [3.8, 4) is 6.07 Å². The van der Waals surface area contributed by atoms with Gasteiger partial charge in [-0.2, -0.15) is 5.26 Å². The summed E-state index contributed by atoms with van der Waals surface area (Å²) >= 11 is 0. The summed E-state index contributed by atoms with van der Waals surface area (Å²) < 4.78 is 40.4. The molecule has 1 aliphatic heterocycles. The first-order valence-corrected chi connectivity index (χ1v) is 10.8. The van der Waals surface area contributed by atoms with E-state index in [-0.39, 0.29) is 11.5 Å². The quantitative estimate of drug-likeness (QED) is 0.570. The number of hydrogen-bond donors (Lipinski definition) is 3. The smallest absolute Gasteiger partial charge is 0.239 e. The summed E-state index contributed by atoms with van der Waals surface area (Å²) in [5.41, 5.74) is 0.169. The molecule has 0 saturated carbocycles. The number of guanidine groups is 1. The topological polar surface area (TPSA) is 135 Å². The highest BCUT2D eigenvalue weighted by molar-refractivity contribution is 7.89. The normalized spacial score (nSPS) is 20.2. The van der Waals surface area contributed by atoms with E-state index >= 15 is 0 Å². The average Bonchev–Trinajstić information content (AvgIpc) is 2.72. The number of benzene rings is 1. The van der Waals surface area contributed by atoms with Gasteiger partial charge in [0, 0.05) is 36.1 Å². The summed E-state index contributed by atoms with van der Waals surface area (Å²) in [7, 11) is -2.51. The van der Waals surface area contributed by atoms with Crippen LogP contribution in [-0.4, -0.2) is 41.5 Å². The number of nitriles is 1. The molecule has 0 spiro atoms. The Morgan fingerprint density at radius 3 is 2.81 bits per heavy atom. The number of fused-ring (bicyclic) bond motifs is 1. The van der Waals surface area contributed by atoms with Gasteiger partial charge in [-0.3, -0.25) is 10.4 Å². The van der Waals surface area contributed by atoms with E-state index in [4.69, 9.17) is 10.7 Å². The molecule has 1 fully saturated rings. The molecule has 1 aliphatic rings. The third kappa shape index (κ3) is 3.62. The first kappa shape index (κ1) is 20.5. The van der Waals surface area contributed by atoms with Crippen molar-refractivity contribution >= 4 is 38.4 Å². The minimum absolute atomic E-state index is 0.0962. The van der Waals surface area contributed by atoms with Crippen LogP contribution in [0.1, 0.15) is 18.1 Å². The Morgan fingerprint density at radius 2 is 2.10 bits per heavy atom. The van der Waals surface area contributed by atoms with Crippen molar-refractivity contribution in [3.63, 3.8) is 0 Å². The molecule has 0 radical (unpaired) electrons. The first-order valence-electron chi connectivity index (χ1n) is 9.18. The van der Waals surface area contributed by atoms with Gasteiger partial charge in [-0.25, -0.2) is 22.1 Å². The highest BCUT2D eigenvalue weighted by Crippen LogP contribution is 2.32. The van der Waals surface area contributed by atoms with Crippen LogP contribution in [0.4, 0.5) is 15.9 Å². The molecule has 3 heterocycles. The van der Waals surface area contributed by atoms with Crippen molar-refractivity contribution in [2.75, 3.05) is 18.1 Å². The number of nitrogens with one attached hydrogen (secondary N) is 3. The van der Waals surface area contributed by atoms with Crippen molar-refractivity contribution in [1.29, 1.82) is 10.7 Å². The van der Waals surface area contributed by atoms with Crippen LogP contribution in [0.5, 0.6) is 0 Å². The van der Waals surface area contributed by atoms with E-state index in [9.17, 15) is 12.8 Å². The second kappa shape index (κ2) is 7.17. The van der Waals surface area contributed by atoms with Crippen molar-refractivity contribution in [3.05, 3.63) is 59.7 Å². The van der Waals surface area contributed by atoms with Gasteiger partial charge in [0.05, 0.1) is 16.9 Å². The molecule has 1 aromatic carbocycles. The molecule has 0 bridgehead atoms. The number of aromatic nitrogens is 2. The van der Waals surface area contributed by atoms with Crippen LogP contribution in [0.3, 0.4) is 0 Å². The average molecular weight is 439 g/mol. The number of pyridine rings is 2. The molecular weight excluding hydrogens is 421 g/mol. The summed E-state index contributed by atoms with van der Waals surface area (Å²) in [5.74, 6) is -0.943. The number of halogens is 1. The summed E-state index contributed by atoms with van der Waals surface area (Å²) in [4.78, 5) is 8.56. The molecule has 31 heavy (non-hydrogen) atoms.